The smallest absolute Gasteiger partial charge is 0.305 e. The van der Waals surface area contributed by atoms with E-state index in [9.17, 15) is 19.3 Å². The maximum atomic E-state index is 13.2. The number of carbonyl (C=O) groups is 1. The van der Waals surface area contributed by atoms with Crippen LogP contribution in [0.2, 0.25) is 0 Å². The Morgan fingerprint density at radius 2 is 2.20 bits per heavy atom. The molecule has 0 atom stereocenters. The number of hydrogen-bond acceptors (Lipinski definition) is 4. The Morgan fingerprint density at radius 1 is 1.55 bits per heavy atom. The summed E-state index contributed by atoms with van der Waals surface area (Å²) in [6, 6.07) is 4.78. The topological polar surface area (TPSA) is 87.2 Å². The Kier molecular flexibility index (Phi) is 5.15. The Bertz CT molecular complexity index is 566. The van der Waals surface area contributed by atoms with Crippen molar-refractivity contribution in [2.24, 2.45) is 0 Å². The van der Waals surface area contributed by atoms with E-state index in [1.807, 2.05) is 6.07 Å². The van der Waals surface area contributed by atoms with Crippen molar-refractivity contribution in [2.45, 2.75) is 26.3 Å². The van der Waals surface area contributed by atoms with Gasteiger partial charge in [-0.2, -0.15) is 9.65 Å². The highest BCUT2D eigenvalue weighted by molar-refractivity contribution is 5.95. The number of benzene rings is 1. The van der Waals surface area contributed by atoms with Gasteiger partial charge in [-0.15, -0.1) is 0 Å². The average molecular weight is 279 g/mol. The molecule has 0 aliphatic heterocycles. The van der Waals surface area contributed by atoms with Crippen LogP contribution in [0.4, 0.5) is 10.1 Å². The zero-order chi connectivity index (χ0) is 15.3. The first kappa shape index (κ1) is 15.6. The highest BCUT2D eigenvalue weighted by Crippen LogP contribution is 2.20. The van der Waals surface area contributed by atoms with Crippen molar-refractivity contribution in [1.82, 2.24) is 4.90 Å². The van der Waals surface area contributed by atoms with Crippen molar-refractivity contribution in [3.8, 4) is 6.07 Å². The van der Waals surface area contributed by atoms with E-state index >= 15 is 0 Å². The maximum Gasteiger partial charge on any atom is 0.305 e. The van der Waals surface area contributed by atoms with Crippen molar-refractivity contribution < 1.29 is 14.1 Å². The summed E-state index contributed by atoms with van der Waals surface area (Å²) in [6.45, 7) is 3.76. The zero-order valence-electron chi connectivity index (χ0n) is 11.2. The third kappa shape index (κ3) is 3.51. The van der Waals surface area contributed by atoms with E-state index in [0.29, 0.717) is 0 Å². The largest absolute Gasteiger partial charge is 0.335 e. The van der Waals surface area contributed by atoms with Crippen LogP contribution in [-0.4, -0.2) is 28.3 Å². The number of rotatable bonds is 5. The number of carbonyl (C=O) groups excluding carboxylic acids is 1. The second-order valence-corrected chi connectivity index (χ2v) is 4.42. The second-order valence-electron chi connectivity index (χ2n) is 4.42. The number of nitriles is 1. The quantitative estimate of drug-likeness (QED) is 0.612. The Hall–Kier alpha value is -2.49. The molecule has 1 amide bonds. The van der Waals surface area contributed by atoms with Crippen LogP contribution in [0.1, 0.15) is 30.6 Å². The monoisotopic (exact) mass is 279 g/mol. The summed E-state index contributed by atoms with van der Waals surface area (Å²) in [5.74, 6) is -1.45. The lowest BCUT2D eigenvalue weighted by Crippen LogP contribution is -2.37. The molecule has 20 heavy (non-hydrogen) atoms. The first-order chi connectivity index (χ1) is 9.38. The maximum absolute atomic E-state index is 13.2. The molecular weight excluding hydrogens is 265 g/mol. The zero-order valence-corrected chi connectivity index (χ0v) is 11.2. The number of nitro groups is 1. The summed E-state index contributed by atoms with van der Waals surface area (Å²) in [4.78, 5) is 23.5. The summed E-state index contributed by atoms with van der Waals surface area (Å²) < 4.78 is 13.2. The minimum atomic E-state index is -0.986. The molecule has 0 heterocycles. The van der Waals surface area contributed by atoms with Crippen molar-refractivity contribution in [3.05, 3.63) is 39.7 Å². The van der Waals surface area contributed by atoms with E-state index in [4.69, 9.17) is 5.26 Å². The van der Waals surface area contributed by atoms with Gasteiger partial charge in [-0.3, -0.25) is 14.9 Å². The van der Waals surface area contributed by atoms with Crippen molar-refractivity contribution in [2.75, 3.05) is 6.54 Å². The molecule has 0 bridgehead atoms. The number of halogens is 1. The molecule has 0 spiro atoms. The van der Waals surface area contributed by atoms with Crippen molar-refractivity contribution >= 4 is 11.6 Å². The van der Waals surface area contributed by atoms with Gasteiger partial charge in [-0.05, 0) is 26.0 Å². The van der Waals surface area contributed by atoms with E-state index in [1.165, 1.54) is 11.0 Å². The molecule has 0 saturated carbocycles. The Labute approximate surface area is 115 Å². The van der Waals surface area contributed by atoms with Crippen LogP contribution in [0.25, 0.3) is 0 Å². The van der Waals surface area contributed by atoms with E-state index in [-0.39, 0.29) is 24.6 Å². The predicted molar refractivity (Wildman–Crippen MR) is 69.5 cm³/mol. The summed E-state index contributed by atoms with van der Waals surface area (Å²) >= 11 is 0. The fourth-order valence-electron chi connectivity index (χ4n) is 1.72. The Morgan fingerprint density at radius 3 is 2.70 bits per heavy atom. The van der Waals surface area contributed by atoms with Gasteiger partial charge in [0.15, 0.2) is 0 Å². The predicted octanol–water partition coefficient (Wildman–Crippen LogP) is 2.50. The van der Waals surface area contributed by atoms with Crippen LogP contribution in [0.3, 0.4) is 0 Å². The van der Waals surface area contributed by atoms with Gasteiger partial charge in [-0.25, -0.2) is 0 Å². The molecule has 0 unspecified atom stereocenters. The first-order valence-electron chi connectivity index (χ1n) is 6.00. The lowest BCUT2D eigenvalue weighted by molar-refractivity contribution is -0.387. The van der Waals surface area contributed by atoms with Gasteiger partial charge in [0.05, 0.1) is 17.4 Å². The molecule has 0 fully saturated rings. The molecule has 0 radical (unpaired) electrons. The third-order valence-electron chi connectivity index (χ3n) is 2.74. The van der Waals surface area contributed by atoms with Crippen LogP contribution in [0.15, 0.2) is 18.2 Å². The van der Waals surface area contributed by atoms with Crippen LogP contribution in [0, 0.1) is 27.3 Å². The number of amides is 1. The standard InChI is InChI=1S/C13H14FN3O3/c1-9(2)16(7-3-6-15)13(18)10-4-5-11(14)12(8-10)17(19)20/h4-5,8-9H,3,7H2,1-2H3. The first-order valence-corrected chi connectivity index (χ1v) is 6.00. The van der Waals surface area contributed by atoms with Crippen LogP contribution in [-0.2, 0) is 0 Å². The van der Waals surface area contributed by atoms with Crippen molar-refractivity contribution in [3.63, 3.8) is 0 Å². The highest BCUT2D eigenvalue weighted by Gasteiger charge is 2.22. The van der Waals surface area contributed by atoms with Gasteiger partial charge in [0, 0.05) is 24.2 Å². The van der Waals surface area contributed by atoms with Gasteiger partial charge < -0.3 is 4.90 Å². The molecular formula is C13H14FN3O3. The molecule has 6 nitrogen and oxygen atoms in total. The summed E-state index contributed by atoms with van der Waals surface area (Å²) in [5, 5.41) is 19.2. The summed E-state index contributed by atoms with van der Waals surface area (Å²) in [6.07, 6.45) is 0.160. The highest BCUT2D eigenvalue weighted by atomic mass is 19.1. The molecule has 1 aromatic rings. The van der Waals surface area contributed by atoms with Gasteiger partial charge in [0.2, 0.25) is 5.82 Å². The summed E-state index contributed by atoms with van der Waals surface area (Å²) in [7, 11) is 0. The molecule has 0 aromatic heterocycles. The van der Waals surface area contributed by atoms with Gasteiger partial charge in [-0.1, -0.05) is 0 Å². The van der Waals surface area contributed by atoms with Crippen LogP contribution >= 0.6 is 0 Å². The normalized spacial score (nSPS) is 10.2. The van der Waals surface area contributed by atoms with E-state index < -0.39 is 22.3 Å². The van der Waals surface area contributed by atoms with Gasteiger partial charge in [0.1, 0.15) is 0 Å². The lowest BCUT2D eigenvalue weighted by atomic mass is 10.1. The fraction of sp³-hybridized carbons (Fsp3) is 0.385. The molecule has 0 saturated heterocycles. The number of nitrogens with zero attached hydrogens (tertiary/aromatic N) is 3. The van der Waals surface area contributed by atoms with Crippen LogP contribution in [0.5, 0.6) is 0 Å². The molecule has 0 N–H and O–H groups in total. The molecule has 0 aliphatic carbocycles. The Balaban J connectivity index is 3.09. The molecule has 1 aromatic carbocycles. The molecule has 7 heteroatoms. The molecule has 106 valence electrons. The number of hydrogen-bond donors (Lipinski definition) is 0. The second kappa shape index (κ2) is 6.61. The minimum absolute atomic E-state index is 0.0322. The summed E-state index contributed by atoms with van der Waals surface area (Å²) in [5.41, 5.74) is -0.704. The van der Waals surface area contributed by atoms with E-state index in [1.54, 1.807) is 13.8 Å². The van der Waals surface area contributed by atoms with Crippen LogP contribution < -0.4 is 0 Å². The fourth-order valence-corrected chi connectivity index (χ4v) is 1.72. The average Bonchev–Trinajstić information content (AvgIpc) is 2.38. The van der Waals surface area contributed by atoms with E-state index in [0.717, 1.165) is 12.1 Å². The lowest BCUT2D eigenvalue weighted by Gasteiger charge is -2.25. The van der Waals surface area contributed by atoms with Crippen molar-refractivity contribution in [1.29, 1.82) is 5.26 Å². The van der Waals surface area contributed by atoms with E-state index in [2.05, 4.69) is 0 Å². The molecule has 1 rings (SSSR count). The minimum Gasteiger partial charge on any atom is -0.335 e. The van der Waals surface area contributed by atoms with Gasteiger partial charge in [0.25, 0.3) is 5.91 Å². The number of nitro benzene ring substituents is 1. The van der Waals surface area contributed by atoms with Gasteiger partial charge >= 0.3 is 5.69 Å². The SMILES string of the molecule is CC(C)N(CCC#N)C(=O)c1ccc(F)c([N+](=O)[O-])c1. The molecule has 0 aliphatic rings. The third-order valence-corrected chi connectivity index (χ3v) is 2.74.